The lowest BCUT2D eigenvalue weighted by atomic mass is 10.0. The molecule has 0 aliphatic rings. The van der Waals surface area contributed by atoms with Gasteiger partial charge in [-0.2, -0.15) is 5.26 Å². The van der Waals surface area contributed by atoms with Crippen LogP contribution in [0.3, 0.4) is 0 Å². The van der Waals surface area contributed by atoms with Crippen LogP contribution in [0.4, 0.5) is 10.1 Å². The molecular weight excluding hydrogens is 275 g/mol. The predicted octanol–water partition coefficient (Wildman–Crippen LogP) is 4.91. The van der Waals surface area contributed by atoms with E-state index in [1.807, 2.05) is 13.0 Å². The minimum Gasteiger partial charge on any atom is -0.377 e. The molecule has 20 heavy (non-hydrogen) atoms. The molecule has 102 valence electrons. The first-order chi connectivity index (χ1) is 9.63. The Morgan fingerprint density at radius 3 is 2.75 bits per heavy atom. The van der Waals surface area contributed by atoms with Gasteiger partial charge >= 0.3 is 0 Å². The van der Waals surface area contributed by atoms with Crippen molar-refractivity contribution in [1.82, 2.24) is 0 Å². The van der Waals surface area contributed by atoms with E-state index in [2.05, 4.69) is 11.4 Å². The van der Waals surface area contributed by atoms with E-state index >= 15 is 0 Å². The minimum atomic E-state index is -0.264. The van der Waals surface area contributed by atoms with Gasteiger partial charge in [0, 0.05) is 0 Å². The van der Waals surface area contributed by atoms with E-state index in [4.69, 9.17) is 16.9 Å². The van der Waals surface area contributed by atoms with Gasteiger partial charge in [-0.1, -0.05) is 30.7 Å². The van der Waals surface area contributed by atoms with E-state index in [0.29, 0.717) is 16.3 Å². The zero-order chi connectivity index (χ0) is 14.5. The molecule has 0 aromatic heterocycles. The number of anilines is 1. The summed E-state index contributed by atoms with van der Waals surface area (Å²) in [4.78, 5) is 0. The van der Waals surface area contributed by atoms with E-state index in [1.165, 1.54) is 12.1 Å². The first kappa shape index (κ1) is 14.4. The molecule has 0 radical (unpaired) electrons. The summed E-state index contributed by atoms with van der Waals surface area (Å²) in [6.45, 7) is 2.00. The number of halogens is 2. The first-order valence-corrected chi connectivity index (χ1v) is 6.73. The lowest BCUT2D eigenvalue weighted by Gasteiger charge is -2.20. The molecule has 0 spiro atoms. The molecule has 0 amide bonds. The van der Waals surface area contributed by atoms with Crippen molar-refractivity contribution in [3.8, 4) is 6.07 Å². The molecule has 2 nitrogen and oxygen atoms in total. The number of benzene rings is 2. The van der Waals surface area contributed by atoms with Crippen molar-refractivity contribution in [1.29, 1.82) is 5.26 Å². The van der Waals surface area contributed by atoms with Gasteiger partial charge in [0.15, 0.2) is 0 Å². The number of rotatable bonds is 4. The van der Waals surface area contributed by atoms with Crippen LogP contribution in [0.15, 0.2) is 42.5 Å². The van der Waals surface area contributed by atoms with Crippen LogP contribution in [0.5, 0.6) is 0 Å². The Morgan fingerprint density at radius 1 is 1.30 bits per heavy atom. The molecule has 0 heterocycles. The van der Waals surface area contributed by atoms with Crippen LogP contribution in [-0.2, 0) is 0 Å². The largest absolute Gasteiger partial charge is 0.377 e. The maximum Gasteiger partial charge on any atom is 0.123 e. The Bertz CT molecular complexity index is 649. The third-order valence-electron chi connectivity index (χ3n) is 3.08. The van der Waals surface area contributed by atoms with Gasteiger partial charge < -0.3 is 5.32 Å². The van der Waals surface area contributed by atoms with Crippen LogP contribution in [-0.4, -0.2) is 0 Å². The van der Waals surface area contributed by atoms with Crippen LogP contribution >= 0.6 is 11.6 Å². The van der Waals surface area contributed by atoms with E-state index in [-0.39, 0.29) is 11.9 Å². The number of hydrogen-bond acceptors (Lipinski definition) is 2. The second-order valence-corrected chi connectivity index (χ2v) is 4.87. The molecule has 1 N–H and O–H groups in total. The summed E-state index contributed by atoms with van der Waals surface area (Å²) in [5.41, 5.74) is 2.07. The fourth-order valence-electron chi connectivity index (χ4n) is 2.04. The van der Waals surface area contributed by atoms with Crippen molar-refractivity contribution in [2.24, 2.45) is 0 Å². The van der Waals surface area contributed by atoms with Gasteiger partial charge in [0.05, 0.1) is 28.4 Å². The highest BCUT2D eigenvalue weighted by Crippen LogP contribution is 2.29. The zero-order valence-electron chi connectivity index (χ0n) is 11.0. The van der Waals surface area contributed by atoms with Crippen molar-refractivity contribution < 1.29 is 4.39 Å². The highest BCUT2D eigenvalue weighted by molar-refractivity contribution is 6.33. The molecule has 0 saturated heterocycles. The molecule has 0 aliphatic carbocycles. The minimum absolute atomic E-state index is 0.0582. The van der Waals surface area contributed by atoms with Crippen LogP contribution < -0.4 is 5.32 Å². The van der Waals surface area contributed by atoms with Gasteiger partial charge in [0.1, 0.15) is 5.82 Å². The summed E-state index contributed by atoms with van der Waals surface area (Å²) in [6.07, 6.45) is 0.774. The number of hydrogen-bond donors (Lipinski definition) is 1. The Balaban J connectivity index is 2.29. The molecule has 0 bridgehead atoms. The first-order valence-electron chi connectivity index (χ1n) is 6.35. The maximum absolute atomic E-state index is 13.3. The van der Waals surface area contributed by atoms with Crippen molar-refractivity contribution in [2.75, 3.05) is 5.32 Å². The summed E-state index contributed by atoms with van der Waals surface area (Å²) >= 11 is 6.13. The van der Waals surface area contributed by atoms with Crippen molar-refractivity contribution in [2.45, 2.75) is 19.4 Å². The number of nitrogens with zero attached hydrogens (tertiary/aromatic N) is 1. The molecule has 0 saturated carbocycles. The second kappa shape index (κ2) is 6.40. The molecule has 0 fully saturated rings. The van der Waals surface area contributed by atoms with Crippen molar-refractivity contribution in [3.05, 3.63) is 64.4 Å². The summed E-state index contributed by atoms with van der Waals surface area (Å²) in [6, 6.07) is 13.5. The van der Waals surface area contributed by atoms with Crippen LogP contribution in [0.1, 0.15) is 30.5 Å². The third-order valence-corrected chi connectivity index (χ3v) is 3.41. The van der Waals surface area contributed by atoms with Crippen molar-refractivity contribution >= 4 is 17.3 Å². The molecule has 4 heteroatoms. The fraction of sp³-hybridized carbons (Fsp3) is 0.188. The summed E-state index contributed by atoms with van der Waals surface area (Å²) in [5.74, 6) is -0.264. The molecule has 2 rings (SSSR count). The lowest BCUT2D eigenvalue weighted by molar-refractivity contribution is 0.621. The van der Waals surface area contributed by atoms with Crippen LogP contribution in [0, 0.1) is 17.1 Å². The van der Waals surface area contributed by atoms with Gasteiger partial charge in [-0.3, -0.25) is 0 Å². The number of nitriles is 1. The molecule has 2 aromatic carbocycles. The Labute approximate surface area is 122 Å². The zero-order valence-corrected chi connectivity index (χ0v) is 11.8. The average molecular weight is 289 g/mol. The predicted molar refractivity (Wildman–Crippen MR) is 79.2 cm³/mol. The molecule has 1 atom stereocenters. The smallest absolute Gasteiger partial charge is 0.123 e. The maximum atomic E-state index is 13.3. The van der Waals surface area contributed by atoms with Crippen LogP contribution in [0.2, 0.25) is 5.02 Å². The van der Waals surface area contributed by atoms with Crippen molar-refractivity contribution in [3.63, 3.8) is 0 Å². The molecule has 2 aromatic rings. The molecular formula is C16H14ClFN2. The van der Waals surface area contributed by atoms with Gasteiger partial charge in [0.2, 0.25) is 0 Å². The lowest BCUT2D eigenvalue weighted by Crippen LogP contribution is -2.10. The molecule has 0 aliphatic heterocycles. The van der Waals surface area contributed by atoms with Gasteiger partial charge in [-0.25, -0.2) is 4.39 Å². The summed E-state index contributed by atoms with van der Waals surface area (Å²) in [7, 11) is 0. The average Bonchev–Trinajstić information content (AvgIpc) is 2.46. The summed E-state index contributed by atoms with van der Waals surface area (Å²) in [5, 5.41) is 12.7. The number of nitrogens with one attached hydrogen (secondary N) is 1. The standard InChI is InChI=1S/C16H14ClFN2/c1-2-15(12-4-3-5-13(18)9-12)20-16-8-11(10-19)6-7-14(16)17/h3-9,15,20H,2H2,1H3. The Morgan fingerprint density at radius 2 is 2.10 bits per heavy atom. The second-order valence-electron chi connectivity index (χ2n) is 4.47. The highest BCUT2D eigenvalue weighted by Gasteiger charge is 2.12. The van der Waals surface area contributed by atoms with Gasteiger partial charge in [0.25, 0.3) is 0 Å². The topological polar surface area (TPSA) is 35.8 Å². The summed E-state index contributed by atoms with van der Waals surface area (Å²) < 4.78 is 13.3. The van der Waals surface area contributed by atoms with E-state index in [9.17, 15) is 4.39 Å². The normalized spacial score (nSPS) is 11.7. The Hall–Kier alpha value is -2.05. The van der Waals surface area contributed by atoms with E-state index < -0.39 is 0 Å². The monoisotopic (exact) mass is 288 g/mol. The van der Waals surface area contributed by atoms with E-state index in [1.54, 1.807) is 24.3 Å². The van der Waals surface area contributed by atoms with Gasteiger partial charge in [-0.05, 0) is 42.3 Å². The third kappa shape index (κ3) is 3.28. The van der Waals surface area contributed by atoms with Crippen LogP contribution in [0.25, 0.3) is 0 Å². The quantitative estimate of drug-likeness (QED) is 0.867. The molecule has 1 unspecified atom stereocenters. The van der Waals surface area contributed by atoms with Gasteiger partial charge in [-0.15, -0.1) is 0 Å². The Kier molecular flexibility index (Phi) is 4.60. The highest BCUT2D eigenvalue weighted by atomic mass is 35.5. The fourth-order valence-corrected chi connectivity index (χ4v) is 2.21. The SMILES string of the molecule is CCC(Nc1cc(C#N)ccc1Cl)c1cccc(F)c1. The van der Waals surface area contributed by atoms with E-state index in [0.717, 1.165) is 12.0 Å².